The van der Waals surface area contributed by atoms with Crippen molar-refractivity contribution in [2.45, 2.75) is 43.7 Å². The van der Waals surface area contributed by atoms with Crippen molar-refractivity contribution >= 4 is 40.9 Å². The van der Waals surface area contributed by atoms with E-state index in [1.807, 2.05) is 13.8 Å². The van der Waals surface area contributed by atoms with E-state index in [-0.39, 0.29) is 22.9 Å². The van der Waals surface area contributed by atoms with Crippen molar-refractivity contribution in [2.75, 3.05) is 6.61 Å². The van der Waals surface area contributed by atoms with Crippen molar-refractivity contribution in [1.29, 1.82) is 0 Å². The number of nitro benzene ring substituents is 1. The molecule has 2 N–H and O–H groups in total. The average molecular weight is 517 g/mol. The Morgan fingerprint density at radius 1 is 1.31 bits per heavy atom. The maximum atomic E-state index is 13.0. The Kier molecular flexibility index (Phi) is 8.25. The number of rotatable bonds is 10. The molecule has 0 aromatic heterocycles. The summed E-state index contributed by atoms with van der Waals surface area (Å²) in [5.74, 6) is -2.32. The number of thioether (sulfide) groups is 1. The van der Waals surface area contributed by atoms with Crippen LogP contribution >= 0.6 is 11.8 Å². The first-order valence-corrected chi connectivity index (χ1v) is 11.8. The van der Waals surface area contributed by atoms with Gasteiger partial charge in [0.05, 0.1) is 22.2 Å². The SMILES string of the molecule is Cc1cc(OCC(=O)NN2C(=O)C(CC(=O)O)SC2c2ccccc2[N+](=O)[O-])c(C(C)C)cc1N=O. The van der Waals surface area contributed by atoms with Gasteiger partial charge in [0.2, 0.25) is 0 Å². The molecular weight excluding hydrogens is 492 g/mol. The molecular formula is C23H24N4O8S. The highest BCUT2D eigenvalue weighted by molar-refractivity contribution is 8.01. The average Bonchev–Trinajstić information content (AvgIpc) is 3.11. The number of hydrogen-bond acceptors (Lipinski definition) is 9. The molecule has 2 aromatic carbocycles. The molecule has 2 aromatic rings. The van der Waals surface area contributed by atoms with Crippen molar-refractivity contribution in [3.63, 3.8) is 0 Å². The molecule has 1 aliphatic rings. The molecule has 2 atom stereocenters. The number of hydrogen-bond donors (Lipinski definition) is 2. The normalized spacial score (nSPS) is 17.2. The molecule has 0 spiro atoms. The van der Waals surface area contributed by atoms with Crippen LogP contribution in [0.5, 0.6) is 5.75 Å². The number of hydrazine groups is 1. The van der Waals surface area contributed by atoms with Gasteiger partial charge in [0.15, 0.2) is 6.61 Å². The Balaban J connectivity index is 1.83. The quantitative estimate of drug-likeness (QED) is 0.270. The summed E-state index contributed by atoms with van der Waals surface area (Å²) in [6.45, 7) is 4.93. The maximum Gasteiger partial charge on any atom is 0.305 e. The first-order valence-electron chi connectivity index (χ1n) is 10.9. The van der Waals surface area contributed by atoms with E-state index in [0.717, 1.165) is 16.8 Å². The number of aryl methyl sites for hydroxylation is 1. The van der Waals surface area contributed by atoms with Crippen LogP contribution in [-0.2, 0) is 14.4 Å². The molecule has 13 heteroatoms. The zero-order valence-corrected chi connectivity index (χ0v) is 20.5. The number of carboxylic acid groups (broad SMARTS) is 1. The van der Waals surface area contributed by atoms with Gasteiger partial charge in [-0.3, -0.25) is 29.9 Å². The predicted octanol–water partition coefficient (Wildman–Crippen LogP) is 3.95. The van der Waals surface area contributed by atoms with Crippen LogP contribution < -0.4 is 10.2 Å². The van der Waals surface area contributed by atoms with Crippen molar-refractivity contribution < 1.29 is 29.2 Å². The van der Waals surface area contributed by atoms with Gasteiger partial charge in [-0.05, 0) is 47.3 Å². The number of para-hydroxylation sites is 1. The number of nitro groups is 1. The molecule has 1 aliphatic heterocycles. The summed E-state index contributed by atoms with van der Waals surface area (Å²) in [5.41, 5.74) is 3.77. The molecule has 12 nitrogen and oxygen atoms in total. The minimum absolute atomic E-state index is 0.0412. The second kappa shape index (κ2) is 11.2. The minimum Gasteiger partial charge on any atom is -0.483 e. The van der Waals surface area contributed by atoms with Crippen molar-refractivity contribution in [3.8, 4) is 5.75 Å². The van der Waals surface area contributed by atoms with Crippen LogP contribution in [0.4, 0.5) is 11.4 Å². The van der Waals surface area contributed by atoms with Crippen molar-refractivity contribution in [1.82, 2.24) is 10.4 Å². The topological polar surface area (TPSA) is 169 Å². The van der Waals surface area contributed by atoms with Gasteiger partial charge in [-0.2, -0.15) is 0 Å². The third kappa shape index (κ3) is 5.79. The van der Waals surface area contributed by atoms with Crippen LogP contribution in [0.25, 0.3) is 0 Å². The molecule has 2 unspecified atom stereocenters. The number of nitrogens with zero attached hydrogens (tertiary/aromatic N) is 3. The lowest BCUT2D eigenvalue weighted by atomic mass is 9.99. The largest absolute Gasteiger partial charge is 0.483 e. The van der Waals surface area contributed by atoms with Gasteiger partial charge in [0.25, 0.3) is 17.5 Å². The predicted molar refractivity (Wildman–Crippen MR) is 131 cm³/mol. The first kappa shape index (κ1) is 26.6. The molecule has 1 saturated heterocycles. The second-order valence-electron chi connectivity index (χ2n) is 8.35. The van der Waals surface area contributed by atoms with E-state index in [4.69, 9.17) is 4.74 Å². The van der Waals surface area contributed by atoms with Crippen LogP contribution in [-0.4, -0.2) is 44.7 Å². The van der Waals surface area contributed by atoms with Gasteiger partial charge < -0.3 is 9.84 Å². The lowest BCUT2D eigenvalue weighted by Crippen LogP contribution is -2.47. The third-order valence-corrected chi connectivity index (χ3v) is 6.87. The molecule has 0 bridgehead atoms. The van der Waals surface area contributed by atoms with Gasteiger partial charge >= 0.3 is 5.97 Å². The highest BCUT2D eigenvalue weighted by Crippen LogP contribution is 2.45. The van der Waals surface area contributed by atoms with Crippen LogP contribution in [0.15, 0.2) is 41.6 Å². The molecule has 36 heavy (non-hydrogen) atoms. The molecule has 1 fully saturated rings. The number of amides is 2. The van der Waals surface area contributed by atoms with E-state index in [0.29, 0.717) is 16.9 Å². The fraction of sp³-hybridized carbons (Fsp3) is 0.348. The molecule has 0 saturated carbocycles. The van der Waals surface area contributed by atoms with Crippen LogP contribution in [0.2, 0.25) is 0 Å². The zero-order valence-electron chi connectivity index (χ0n) is 19.7. The van der Waals surface area contributed by atoms with E-state index < -0.39 is 46.4 Å². The molecule has 190 valence electrons. The number of nitrogens with one attached hydrogen (secondary N) is 1. The van der Waals surface area contributed by atoms with E-state index in [2.05, 4.69) is 10.6 Å². The Labute approximate surface area is 210 Å². The Hall–Kier alpha value is -4.00. The van der Waals surface area contributed by atoms with Gasteiger partial charge in [-0.15, -0.1) is 16.7 Å². The molecule has 3 rings (SSSR count). The van der Waals surface area contributed by atoms with Crippen LogP contribution in [0.1, 0.15) is 48.3 Å². The van der Waals surface area contributed by atoms with Gasteiger partial charge in [-0.1, -0.05) is 26.0 Å². The number of carboxylic acids is 1. The standard InChI is InChI=1S/C23H24N4O8S/c1-12(2)15-9-16(25-32)13(3)8-18(15)35-11-20(28)24-26-22(31)19(10-21(29)30)36-23(26)14-6-4-5-7-17(14)27(33)34/h4-9,12,19,23H,10-11H2,1-3H3,(H,24,28)(H,29,30). The highest BCUT2D eigenvalue weighted by Gasteiger charge is 2.45. The number of carbonyl (C=O) groups excluding carboxylic acids is 2. The second-order valence-corrected chi connectivity index (χ2v) is 9.63. The summed E-state index contributed by atoms with van der Waals surface area (Å²) >= 11 is 0.904. The summed E-state index contributed by atoms with van der Waals surface area (Å²) in [6, 6.07) is 8.91. The summed E-state index contributed by atoms with van der Waals surface area (Å²) in [4.78, 5) is 58.9. The fourth-order valence-electron chi connectivity index (χ4n) is 3.70. The fourth-order valence-corrected chi connectivity index (χ4v) is 5.10. The summed E-state index contributed by atoms with van der Waals surface area (Å²) in [7, 11) is 0. The lowest BCUT2D eigenvalue weighted by molar-refractivity contribution is -0.385. The summed E-state index contributed by atoms with van der Waals surface area (Å²) < 4.78 is 5.68. The van der Waals surface area contributed by atoms with Gasteiger partial charge in [0.1, 0.15) is 16.8 Å². The van der Waals surface area contributed by atoms with Crippen molar-refractivity contribution in [3.05, 3.63) is 68.1 Å². The van der Waals surface area contributed by atoms with E-state index in [1.165, 1.54) is 18.2 Å². The monoisotopic (exact) mass is 516 g/mol. The Bertz CT molecular complexity index is 1220. The Morgan fingerprint density at radius 3 is 2.61 bits per heavy atom. The maximum absolute atomic E-state index is 13.0. The Morgan fingerprint density at radius 2 is 2.00 bits per heavy atom. The van der Waals surface area contributed by atoms with Crippen LogP contribution in [0, 0.1) is 21.9 Å². The molecule has 0 radical (unpaired) electrons. The highest BCUT2D eigenvalue weighted by atomic mass is 32.2. The smallest absolute Gasteiger partial charge is 0.305 e. The molecule has 0 aliphatic carbocycles. The van der Waals surface area contributed by atoms with Crippen LogP contribution in [0.3, 0.4) is 0 Å². The van der Waals surface area contributed by atoms with E-state index in [1.54, 1.807) is 25.1 Å². The van der Waals surface area contributed by atoms with Crippen molar-refractivity contribution in [2.24, 2.45) is 5.18 Å². The lowest BCUT2D eigenvalue weighted by Gasteiger charge is -2.24. The molecule has 2 amide bonds. The number of ether oxygens (including phenoxy) is 1. The van der Waals surface area contributed by atoms with Gasteiger partial charge in [-0.25, -0.2) is 5.01 Å². The van der Waals surface area contributed by atoms with E-state index in [9.17, 15) is 34.5 Å². The number of nitroso groups, excluding NO2 is 1. The molecule has 1 heterocycles. The summed E-state index contributed by atoms with van der Waals surface area (Å²) in [5, 5.41) is 22.5. The number of carbonyl (C=O) groups is 3. The zero-order chi connectivity index (χ0) is 26.6. The van der Waals surface area contributed by atoms with E-state index >= 15 is 0 Å². The number of aliphatic carboxylic acids is 1. The third-order valence-electron chi connectivity index (χ3n) is 5.45. The summed E-state index contributed by atoms with van der Waals surface area (Å²) in [6.07, 6.45) is -0.516. The minimum atomic E-state index is -1.22. The van der Waals surface area contributed by atoms with Gasteiger partial charge in [0, 0.05) is 6.07 Å². The first-order chi connectivity index (χ1) is 17.0. The number of benzene rings is 2.